The van der Waals surface area contributed by atoms with E-state index in [0.29, 0.717) is 32.7 Å². The van der Waals surface area contributed by atoms with Crippen LogP contribution >= 0.6 is 12.4 Å². The molecule has 0 unspecified atom stereocenters. The quantitative estimate of drug-likeness (QED) is 0.545. The molecule has 3 aliphatic rings. The molecule has 2 fully saturated rings. The number of esters is 1. The van der Waals surface area contributed by atoms with Gasteiger partial charge < -0.3 is 25.2 Å². The molecule has 1 aromatic rings. The number of carbonyl (C=O) groups is 2. The summed E-state index contributed by atoms with van der Waals surface area (Å²) in [6.07, 6.45) is -1.70. The summed E-state index contributed by atoms with van der Waals surface area (Å²) in [6, 6.07) is 1.66. The number of ether oxygens (including phenoxy) is 1. The highest BCUT2D eigenvalue weighted by molar-refractivity contribution is 5.87. The molecule has 1 saturated carbocycles. The molecule has 28 heavy (non-hydrogen) atoms. The summed E-state index contributed by atoms with van der Waals surface area (Å²) < 4.78 is 6.45. The van der Waals surface area contributed by atoms with Crippen LogP contribution < -0.4 is 5.32 Å². The topological polar surface area (TPSA) is 117 Å². The Labute approximate surface area is 169 Å². The zero-order chi connectivity index (χ0) is 19.3. The van der Waals surface area contributed by atoms with Crippen LogP contribution in [0.5, 0.6) is 0 Å². The number of amides is 1. The van der Waals surface area contributed by atoms with Crippen molar-refractivity contribution in [1.82, 2.24) is 20.0 Å². The molecule has 10 heteroatoms. The third-order valence-electron chi connectivity index (χ3n) is 6.45. The maximum atomic E-state index is 13.3. The Morgan fingerprint density at radius 3 is 2.64 bits per heavy atom. The van der Waals surface area contributed by atoms with Crippen LogP contribution in [0.2, 0.25) is 0 Å². The minimum Gasteiger partial charge on any atom is -0.464 e. The molecule has 9 nitrogen and oxygen atoms in total. The Morgan fingerprint density at radius 2 is 1.93 bits per heavy atom. The predicted octanol–water partition coefficient (Wildman–Crippen LogP) is -0.743. The lowest BCUT2D eigenvalue weighted by molar-refractivity contribution is -0.156. The van der Waals surface area contributed by atoms with Gasteiger partial charge in [-0.25, -0.2) is 4.79 Å². The Balaban J connectivity index is 0.00000225. The minimum absolute atomic E-state index is 0. The van der Waals surface area contributed by atoms with Crippen LogP contribution in [0.15, 0.2) is 6.07 Å². The lowest BCUT2D eigenvalue weighted by atomic mass is 9.65. The second-order valence-electron chi connectivity index (χ2n) is 7.85. The van der Waals surface area contributed by atoms with Crippen molar-refractivity contribution in [2.75, 3.05) is 26.7 Å². The highest BCUT2D eigenvalue weighted by Gasteiger charge is 2.53. The number of rotatable bonds is 2. The number of hydrogen-bond donors (Lipinski definition) is 3. The summed E-state index contributed by atoms with van der Waals surface area (Å²) in [5, 5.41) is 28.3. The number of nitrogens with zero attached hydrogens (tertiary/aromatic N) is 3. The van der Waals surface area contributed by atoms with E-state index in [-0.39, 0.29) is 47.7 Å². The molecule has 1 aliphatic carbocycles. The second-order valence-corrected chi connectivity index (χ2v) is 7.85. The highest BCUT2D eigenvalue weighted by atomic mass is 35.5. The molecule has 3 heterocycles. The van der Waals surface area contributed by atoms with E-state index in [9.17, 15) is 19.8 Å². The standard InChI is InChI=1S/C18H26N4O5.ClH/c1-9-14(11-6-19-7-12(11)16(24)15(9)23)17(25)21-3-4-22-10(8-21)5-13(20-22)18(26)27-2;/h5,9,11-12,14-16,19,23-24H,3-4,6-8H2,1-2H3;1H/t9-,11+,12+,14+,15+,16+;/m1./s1. The zero-order valence-electron chi connectivity index (χ0n) is 15.9. The lowest BCUT2D eigenvalue weighted by Gasteiger charge is -2.45. The number of halogens is 1. The molecule has 2 aliphatic heterocycles. The molecule has 4 rings (SSSR count). The van der Waals surface area contributed by atoms with Gasteiger partial charge in [-0.3, -0.25) is 9.48 Å². The van der Waals surface area contributed by atoms with Crippen molar-refractivity contribution in [1.29, 1.82) is 0 Å². The molecule has 1 saturated heterocycles. The molecule has 0 spiro atoms. The zero-order valence-corrected chi connectivity index (χ0v) is 16.8. The van der Waals surface area contributed by atoms with Crippen molar-refractivity contribution >= 4 is 24.3 Å². The van der Waals surface area contributed by atoms with E-state index in [4.69, 9.17) is 4.74 Å². The van der Waals surface area contributed by atoms with E-state index in [1.54, 1.807) is 15.6 Å². The van der Waals surface area contributed by atoms with Crippen LogP contribution in [0.4, 0.5) is 0 Å². The van der Waals surface area contributed by atoms with Crippen molar-refractivity contribution in [3.63, 3.8) is 0 Å². The van der Waals surface area contributed by atoms with E-state index >= 15 is 0 Å². The fraction of sp³-hybridized carbons (Fsp3) is 0.722. The maximum Gasteiger partial charge on any atom is 0.358 e. The van der Waals surface area contributed by atoms with Gasteiger partial charge in [0.05, 0.1) is 38.1 Å². The summed E-state index contributed by atoms with van der Waals surface area (Å²) in [5.41, 5.74) is 1.03. The number of aliphatic hydroxyl groups is 2. The van der Waals surface area contributed by atoms with Crippen LogP contribution in [0, 0.1) is 23.7 Å². The monoisotopic (exact) mass is 414 g/mol. The largest absolute Gasteiger partial charge is 0.464 e. The van der Waals surface area contributed by atoms with Crippen LogP contribution in [0.25, 0.3) is 0 Å². The summed E-state index contributed by atoms with van der Waals surface area (Å²) >= 11 is 0. The average molecular weight is 415 g/mol. The Kier molecular flexibility index (Phi) is 6.00. The molecule has 156 valence electrons. The maximum absolute atomic E-state index is 13.3. The van der Waals surface area contributed by atoms with E-state index in [1.807, 2.05) is 6.92 Å². The van der Waals surface area contributed by atoms with Gasteiger partial charge in [-0.05, 0) is 24.4 Å². The fourth-order valence-electron chi connectivity index (χ4n) is 4.93. The third kappa shape index (κ3) is 3.30. The molecule has 1 aromatic heterocycles. The smallest absolute Gasteiger partial charge is 0.358 e. The molecule has 6 atom stereocenters. The van der Waals surface area contributed by atoms with Crippen molar-refractivity contribution in [3.8, 4) is 0 Å². The van der Waals surface area contributed by atoms with E-state index in [1.165, 1.54) is 7.11 Å². The normalized spacial score (nSPS) is 34.2. The summed E-state index contributed by atoms with van der Waals surface area (Å²) in [6.45, 7) is 4.52. The van der Waals surface area contributed by atoms with Crippen LogP contribution in [0.3, 0.4) is 0 Å². The van der Waals surface area contributed by atoms with Crippen molar-refractivity contribution in [2.24, 2.45) is 23.7 Å². The van der Waals surface area contributed by atoms with Crippen molar-refractivity contribution in [3.05, 3.63) is 17.5 Å². The van der Waals surface area contributed by atoms with Gasteiger partial charge in [-0.1, -0.05) is 6.92 Å². The van der Waals surface area contributed by atoms with E-state index in [2.05, 4.69) is 10.4 Å². The first-order valence-corrected chi connectivity index (χ1v) is 9.43. The SMILES string of the molecule is COC(=O)c1cc2n(n1)CCN(C(=O)[C@H]1[C@@H](C)[C@H](O)[C@@H](O)[C@H]3CNC[C@@H]31)C2.Cl. The molecule has 0 bridgehead atoms. The van der Waals surface area contributed by atoms with Gasteiger partial charge in [0, 0.05) is 24.9 Å². The summed E-state index contributed by atoms with van der Waals surface area (Å²) in [5.74, 6) is -1.23. The van der Waals surface area contributed by atoms with Crippen LogP contribution in [-0.4, -0.2) is 75.7 Å². The van der Waals surface area contributed by atoms with Gasteiger partial charge in [0.25, 0.3) is 0 Å². The first-order chi connectivity index (χ1) is 12.9. The van der Waals surface area contributed by atoms with Crippen molar-refractivity contribution < 1.29 is 24.5 Å². The van der Waals surface area contributed by atoms with Crippen LogP contribution in [0.1, 0.15) is 23.1 Å². The summed E-state index contributed by atoms with van der Waals surface area (Å²) in [7, 11) is 1.31. The van der Waals surface area contributed by atoms with Gasteiger partial charge in [0.1, 0.15) is 0 Å². The summed E-state index contributed by atoms with van der Waals surface area (Å²) in [4.78, 5) is 26.8. The number of hydrogen-bond acceptors (Lipinski definition) is 7. The highest BCUT2D eigenvalue weighted by Crippen LogP contribution is 2.42. The van der Waals surface area contributed by atoms with Gasteiger partial charge in [-0.2, -0.15) is 5.10 Å². The van der Waals surface area contributed by atoms with E-state index < -0.39 is 18.2 Å². The number of carbonyl (C=O) groups excluding carboxylic acids is 2. The minimum atomic E-state index is -0.902. The molecular formula is C18H27ClN4O5. The van der Waals surface area contributed by atoms with Gasteiger partial charge in [0.2, 0.25) is 5.91 Å². The number of aromatic nitrogens is 2. The number of fused-ring (bicyclic) bond motifs is 2. The molecule has 3 N–H and O–H groups in total. The van der Waals surface area contributed by atoms with E-state index in [0.717, 1.165) is 5.69 Å². The van der Waals surface area contributed by atoms with Gasteiger partial charge in [-0.15, -0.1) is 12.4 Å². The van der Waals surface area contributed by atoms with Gasteiger partial charge >= 0.3 is 5.97 Å². The molecule has 0 radical (unpaired) electrons. The number of nitrogens with one attached hydrogen (secondary N) is 1. The van der Waals surface area contributed by atoms with Crippen molar-refractivity contribution in [2.45, 2.75) is 32.2 Å². The number of methoxy groups -OCH3 is 1. The first kappa shape index (κ1) is 21.0. The molecule has 1 amide bonds. The Bertz CT molecular complexity index is 756. The third-order valence-corrected chi connectivity index (χ3v) is 6.45. The molecular weight excluding hydrogens is 388 g/mol. The first-order valence-electron chi connectivity index (χ1n) is 9.43. The van der Waals surface area contributed by atoms with Gasteiger partial charge in [0.15, 0.2) is 5.69 Å². The lowest BCUT2D eigenvalue weighted by Crippen LogP contribution is -2.56. The fourth-order valence-corrected chi connectivity index (χ4v) is 4.93. The number of aliphatic hydroxyl groups excluding tert-OH is 2. The average Bonchev–Trinajstić information content (AvgIpc) is 3.31. The molecule has 0 aromatic carbocycles. The Hall–Kier alpha value is -1.68. The second kappa shape index (κ2) is 7.98. The van der Waals surface area contributed by atoms with Crippen LogP contribution in [-0.2, 0) is 22.6 Å². The Morgan fingerprint density at radius 1 is 1.21 bits per heavy atom. The predicted molar refractivity (Wildman–Crippen MR) is 101 cm³/mol.